The van der Waals surface area contributed by atoms with Crippen LogP contribution in [0.2, 0.25) is 0 Å². The third-order valence-corrected chi connectivity index (χ3v) is 3.35. The highest BCUT2D eigenvalue weighted by Crippen LogP contribution is 2.28. The van der Waals surface area contributed by atoms with Crippen molar-refractivity contribution in [3.8, 4) is 0 Å². The van der Waals surface area contributed by atoms with Crippen LogP contribution >= 0.6 is 11.3 Å². The highest BCUT2D eigenvalue weighted by Gasteiger charge is 2.01. The van der Waals surface area contributed by atoms with Crippen LogP contribution in [0.4, 0.5) is 5.69 Å². The molecule has 0 aliphatic heterocycles. The first kappa shape index (κ1) is 8.57. The lowest BCUT2D eigenvalue weighted by atomic mass is 10.2. The average molecular weight is 191 g/mol. The van der Waals surface area contributed by atoms with E-state index in [0.29, 0.717) is 0 Å². The van der Waals surface area contributed by atoms with E-state index in [9.17, 15) is 0 Å². The van der Waals surface area contributed by atoms with Crippen molar-refractivity contribution in [3.05, 3.63) is 29.1 Å². The van der Waals surface area contributed by atoms with Crippen LogP contribution < -0.4 is 4.90 Å². The Bertz CT molecular complexity index is 429. The fourth-order valence-electron chi connectivity index (χ4n) is 1.42. The predicted octanol–water partition coefficient (Wildman–Crippen LogP) is 3.28. The summed E-state index contributed by atoms with van der Waals surface area (Å²) >= 11 is 1.82. The van der Waals surface area contributed by atoms with E-state index >= 15 is 0 Å². The summed E-state index contributed by atoms with van der Waals surface area (Å²) in [7, 11) is 4.14. The minimum atomic E-state index is 1.27. The van der Waals surface area contributed by atoms with E-state index in [4.69, 9.17) is 0 Å². The van der Waals surface area contributed by atoms with Crippen molar-refractivity contribution in [2.45, 2.75) is 6.92 Å². The molecule has 0 unspecified atom stereocenters. The lowest BCUT2D eigenvalue weighted by molar-refractivity contribution is 1.14. The number of aryl methyl sites for hydroxylation is 1. The molecular formula is C11H13NS. The number of benzene rings is 1. The first-order valence-electron chi connectivity index (χ1n) is 4.33. The highest BCUT2D eigenvalue weighted by molar-refractivity contribution is 7.17. The number of fused-ring (bicyclic) bond motifs is 1. The summed E-state index contributed by atoms with van der Waals surface area (Å²) in [5.74, 6) is 0. The molecule has 13 heavy (non-hydrogen) atoms. The van der Waals surface area contributed by atoms with E-state index in [0.717, 1.165) is 0 Å². The minimum absolute atomic E-state index is 1.27. The molecular weight excluding hydrogens is 178 g/mol. The molecule has 0 saturated heterocycles. The number of hydrogen-bond donors (Lipinski definition) is 0. The van der Waals surface area contributed by atoms with Gasteiger partial charge in [-0.25, -0.2) is 0 Å². The first-order valence-corrected chi connectivity index (χ1v) is 5.21. The molecule has 0 fully saturated rings. The number of anilines is 1. The average Bonchev–Trinajstić information content (AvgIpc) is 2.47. The molecule has 2 rings (SSSR count). The van der Waals surface area contributed by atoms with Crippen molar-refractivity contribution in [2.24, 2.45) is 0 Å². The van der Waals surface area contributed by atoms with Crippen LogP contribution in [-0.4, -0.2) is 14.1 Å². The summed E-state index contributed by atoms with van der Waals surface area (Å²) in [4.78, 5) is 2.14. The largest absolute Gasteiger partial charge is 0.378 e. The zero-order chi connectivity index (χ0) is 9.42. The Morgan fingerprint density at radius 3 is 2.69 bits per heavy atom. The van der Waals surface area contributed by atoms with Gasteiger partial charge in [-0.3, -0.25) is 0 Å². The molecule has 0 radical (unpaired) electrons. The fourth-order valence-corrected chi connectivity index (χ4v) is 2.35. The third kappa shape index (κ3) is 1.42. The standard InChI is InChI=1S/C11H13NS/c1-8-7-13-11-5-4-9(12(2)3)6-10(8)11/h4-7H,1-3H3. The molecule has 68 valence electrons. The molecule has 0 N–H and O–H groups in total. The van der Waals surface area contributed by atoms with Gasteiger partial charge in [0.2, 0.25) is 0 Å². The molecule has 1 heterocycles. The van der Waals surface area contributed by atoms with Gasteiger partial charge in [-0.15, -0.1) is 11.3 Å². The smallest absolute Gasteiger partial charge is 0.0368 e. The maximum absolute atomic E-state index is 2.25. The van der Waals surface area contributed by atoms with Gasteiger partial charge in [-0.1, -0.05) is 0 Å². The van der Waals surface area contributed by atoms with Crippen LogP contribution in [0.1, 0.15) is 5.56 Å². The molecule has 2 aromatic rings. The SMILES string of the molecule is Cc1csc2ccc(N(C)C)cc12. The topological polar surface area (TPSA) is 3.24 Å². The second-order valence-electron chi connectivity index (χ2n) is 3.49. The van der Waals surface area contributed by atoms with Crippen LogP contribution in [-0.2, 0) is 0 Å². The lowest BCUT2D eigenvalue weighted by Gasteiger charge is -2.12. The fraction of sp³-hybridized carbons (Fsp3) is 0.273. The molecule has 0 aliphatic rings. The quantitative estimate of drug-likeness (QED) is 0.668. The van der Waals surface area contributed by atoms with Crippen LogP contribution in [0.5, 0.6) is 0 Å². The van der Waals surface area contributed by atoms with Gasteiger partial charge in [0.15, 0.2) is 0 Å². The zero-order valence-electron chi connectivity index (χ0n) is 8.16. The van der Waals surface area contributed by atoms with Gasteiger partial charge in [0.1, 0.15) is 0 Å². The third-order valence-electron chi connectivity index (χ3n) is 2.27. The van der Waals surface area contributed by atoms with Crippen LogP contribution in [0.15, 0.2) is 23.6 Å². The van der Waals surface area contributed by atoms with E-state index in [1.54, 1.807) is 0 Å². The van der Waals surface area contributed by atoms with E-state index in [1.807, 2.05) is 11.3 Å². The summed E-state index contributed by atoms with van der Waals surface area (Å²) in [5.41, 5.74) is 2.65. The van der Waals surface area contributed by atoms with Crippen molar-refractivity contribution in [1.82, 2.24) is 0 Å². The summed E-state index contributed by atoms with van der Waals surface area (Å²) in [6.45, 7) is 2.16. The van der Waals surface area contributed by atoms with Crippen molar-refractivity contribution >= 4 is 27.1 Å². The zero-order valence-corrected chi connectivity index (χ0v) is 8.98. The molecule has 0 aliphatic carbocycles. The van der Waals surface area contributed by atoms with Crippen molar-refractivity contribution in [1.29, 1.82) is 0 Å². The Balaban J connectivity index is 2.66. The summed E-state index contributed by atoms with van der Waals surface area (Å²) in [6, 6.07) is 6.61. The van der Waals surface area contributed by atoms with Crippen molar-refractivity contribution in [2.75, 3.05) is 19.0 Å². The summed E-state index contributed by atoms with van der Waals surface area (Å²) in [6.07, 6.45) is 0. The first-order chi connectivity index (χ1) is 6.18. The molecule has 0 bridgehead atoms. The van der Waals surface area contributed by atoms with Crippen LogP contribution in [0, 0.1) is 6.92 Å². The van der Waals surface area contributed by atoms with Crippen LogP contribution in [0.25, 0.3) is 10.1 Å². The van der Waals surface area contributed by atoms with E-state index in [1.165, 1.54) is 21.3 Å². The van der Waals surface area contributed by atoms with E-state index in [2.05, 4.69) is 49.5 Å². The molecule has 1 nitrogen and oxygen atoms in total. The molecule has 1 aromatic heterocycles. The van der Waals surface area contributed by atoms with Crippen LogP contribution in [0.3, 0.4) is 0 Å². The Morgan fingerprint density at radius 2 is 2.00 bits per heavy atom. The monoisotopic (exact) mass is 191 g/mol. The van der Waals surface area contributed by atoms with E-state index in [-0.39, 0.29) is 0 Å². The van der Waals surface area contributed by atoms with Crippen molar-refractivity contribution in [3.63, 3.8) is 0 Å². The number of rotatable bonds is 1. The van der Waals surface area contributed by atoms with E-state index < -0.39 is 0 Å². The highest BCUT2D eigenvalue weighted by atomic mass is 32.1. The second kappa shape index (κ2) is 3.04. The van der Waals surface area contributed by atoms with Gasteiger partial charge in [0.05, 0.1) is 0 Å². The van der Waals surface area contributed by atoms with Gasteiger partial charge in [0, 0.05) is 24.5 Å². The number of hydrogen-bond acceptors (Lipinski definition) is 2. The van der Waals surface area contributed by atoms with Gasteiger partial charge < -0.3 is 4.90 Å². The lowest BCUT2D eigenvalue weighted by Crippen LogP contribution is -2.07. The van der Waals surface area contributed by atoms with Gasteiger partial charge in [-0.2, -0.15) is 0 Å². The molecule has 0 saturated carbocycles. The number of thiophene rings is 1. The molecule has 0 atom stereocenters. The number of nitrogens with zero attached hydrogens (tertiary/aromatic N) is 1. The van der Waals surface area contributed by atoms with Gasteiger partial charge in [0.25, 0.3) is 0 Å². The van der Waals surface area contributed by atoms with Gasteiger partial charge >= 0.3 is 0 Å². The molecule has 0 amide bonds. The normalized spacial score (nSPS) is 10.7. The minimum Gasteiger partial charge on any atom is -0.378 e. The predicted molar refractivity (Wildman–Crippen MR) is 60.9 cm³/mol. The van der Waals surface area contributed by atoms with Crippen molar-refractivity contribution < 1.29 is 0 Å². The Labute approximate surface area is 82.6 Å². The summed E-state index contributed by atoms with van der Waals surface area (Å²) < 4.78 is 1.38. The molecule has 2 heteroatoms. The Hall–Kier alpha value is -1.02. The summed E-state index contributed by atoms with van der Waals surface area (Å²) in [5, 5.41) is 3.60. The maximum Gasteiger partial charge on any atom is 0.0368 e. The molecule has 1 aromatic carbocycles. The Morgan fingerprint density at radius 1 is 1.23 bits per heavy atom. The molecule has 0 spiro atoms. The maximum atomic E-state index is 2.25. The van der Waals surface area contributed by atoms with Gasteiger partial charge in [-0.05, 0) is 41.5 Å². The second-order valence-corrected chi connectivity index (χ2v) is 4.40. The Kier molecular flexibility index (Phi) is 2.00.